The van der Waals surface area contributed by atoms with Gasteiger partial charge >= 0.3 is 5.97 Å². The molecule has 2 aromatic heterocycles. The molecule has 0 aliphatic carbocycles. The predicted molar refractivity (Wildman–Crippen MR) is 123 cm³/mol. The monoisotopic (exact) mass is 438 g/mol. The van der Waals surface area contributed by atoms with Crippen LogP contribution in [0.2, 0.25) is 0 Å². The van der Waals surface area contributed by atoms with Crippen molar-refractivity contribution in [1.82, 2.24) is 4.57 Å². The van der Waals surface area contributed by atoms with Crippen LogP contribution in [-0.4, -0.2) is 27.3 Å². The zero-order valence-corrected chi connectivity index (χ0v) is 17.3. The van der Waals surface area contributed by atoms with Gasteiger partial charge in [0.05, 0.1) is 17.3 Å². The van der Waals surface area contributed by atoms with E-state index in [9.17, 15) is 19.5 Å². The first-order valence-electron chi connectivity index (χ1n) is 10.2. The quantitative estimate of drug-likeness (QED) is 0.300. The Balaban J connectivity index is 1.95. The summed E-state index contributed by atoms with van der Waals surface area (Å²) in [7, 11) is 0. The van der Waals surface area contributed by atoms with E-state index in [1.54, 1.807) is 24.3 Å². The summed E-state index contributed by atoms with van der Waals surface area (Å²) in [5.41, 5.74) is 8.66. The van der Waals surface area contributed by atoms with Gasteiger partial charge in [-0.3, -0.25) is 9.59 Å². The molecular weight excluding hydrogens is 420 g/mol. The lowest BCUT2D eigenvalue weighted by atomic mass is 9.96. The Kier molecular flexibility index (Phi) is 4.79. The largest absolute Gasteiger partial charge is 0.475 e. The Labute approximate surface area is 187 Å². The number of carbonyl (C=O) groups excluding carboxylic acids is 2. The normalized spacial score (nSPS) is 11.2. The smallest absolute Gasteiger partial charge is 0.377 e. The molecule has 162 valence electrons. The standard InChI is InChI=1S/C26H18N2O5/c27-25(30)17-8-4-9-19-22(17)23-18(24(29)26(31)32)12-16(21-10-5-11-33-21)13-20(23)28(19)14-15-6-2-1-3-7-15/h1-13H,14H2,(H2,27,30)(H,31,32). The topological polar surface area (TPSA) is 116 Å². The summed E-state index contributed by atoms with van der Waals surface area (Å²) in [6, 6.07) is 21.6. The molecule has 0 spiro atoms. The Morgan fingerprint density at radius 3 is 2.27 bits per heavy atom. The molecule has 0 saturated carbocycles. The maximum Gasteiger partial charge on any atom is 0.377 e. The summed E-state index contributed by atoms with van der Waals surface area (Å²) in [6.07, 6.45) is 1.50. The van der Waals surface area contributed by atoms with E-state index in [2.05, 4.69) is 0 Å². The van der Waals surface area contributed by atoms with Gasteiger partial charge in [-0.25, -0.2) is 4.79 Å². The number of ketones is 1. The Bertz CT molecular complexity index is 1550. The van der Waals surface area contributed by atoms with Crippen LogP contribution in [0.3, 0.4) is 0 Å². The van der Waals surface area contributed by atoms with Crippen molar-refractivity contribution in [2.45, 2.75) is 6.54 Å². The molecule has 33 heavy (non-hydrogen) atoms. The van der Waals surface area contributed by atoms with Crippen molar-refractivity contribution in [3.05, 3.63) is 95.7 Å². The number of carboxylic acids is 1. The van der Waals surface area contributed by atoms with Crippen LogP contribution < -0.4 is 5.73 Å². The number of rotatable bonds is 6. The van der Waals surface area contributed by atoms with Crippen molar-refractivity contribution in [2.75, 3.05) is 0 Å². The summed E-state index contributed by atoms with van der Waals surface area (Å²) in [5, 5.41) is 10.4. The number of carbonyl (C=O) groups is 3. The van der Waals surface area contributed by atoms with Gasteiger partial charge < -0.3 is 19.8 Å². The number of amides is 1. The molecular formula is C26H18N2O5. The van der Waals surface area contributed by atoms with E-state index in [1.165, 1.54) is 12.3 Å². The third-order valence-corrected chi connectivity index (χ3v) is 5.69. The molecule has 0 fully saturated rings. The Hall–Kier alpha value is -4.65. The molecule has 5 aromatic rings. The Morgan fingerprint density at radius 2 is 1.61 bits per heavy atom. The SMILES string of the molecule is NC(=O)c1cccc2c1c1c(C(=O)C(=O)O)cc(-c3ccco3)cc1n2Cc1ccccc1. The molecule has 7 heteroatoms. The average molecular weight is 438 g/mol. The number of benzene rings is 3. The van der Waals surface area contributed by atoms with Gasteiger partial charge in [0.1, 0.15) is 5.76 Å². The van der Waals surface area contributed by atoms with E-state index in [0.29, 0.717) is 39.7 Å². The van der Waals surface area contributed by atoms with Gasteiger partial charge in [-0.1, -0.05) is 36.4 Å². The van der Waals surface area contributed by atoms with E-state index < -0.39 is 17.7 Å². The number of nitrogens with two attached hydrogens (primary N) is 1. The average Bonchev–Trinajstić information content (AvgIpc) is 3.46. The van der Waals surface area contributed by atoms with Crippen molar-refractivity contribution < 1.29 is 23.9 Å². The molecule has 0 unspecified atom stereocenters. The lowest BCUT2D eigenvalue weighted by molar-refractivity contribution is -0.131. The van der Waals surface area contributed by atoms with E-state index in [4.69, 9.17) is 10.2 Å². The number of hydrogen-bond acceptors (Lipinski definition) is 4. The van der Waals surface area contributed by atoms with Crippen LogP contribution in [0, 0.1) is 0 Å². The minimum Gasteiger partial charge on any atom is -0.475 e. The van der Waals surface area contributed by atoms with Crippen LogP contribution in [0.5, 0.6) is 0 Å². The molecule has 0 bridgehead atoms. The fourth-order valence-corrected chi connectivity index (χ4v) is 4.28. The zero-order valence-electron chi connectivity index (χ0n) is 17.3. The number of Topliss-reactive ketones (excluding diaryl/α,β-unsaturated/α-hetero) is 1. The first kappa shape index (κ1) is 20.3. The molecule has 3 N–H and O–H groups in total. The van der Waals surface area contributed by atoms with Gasteiger partial charge in [-0.2, -0.15) is 0 Å². The molecule has 0 aliphatic heterocycles. The number of nitrogens with zero attached hydrogens (tertiary/aromatic N) is 1. The molecule has 3 aromatic carbocycles. The van der Waals surface area contributed by atoms with Gasteiger partial charge in [0, 0.05) is 34.0 Å². The summed E-state index contributed by atoms with van der Waals surface area (Å²) in [6.45, 7) is 0.436. The first-order chi connectivity index (χ1) is 16.0. The van der Waals surface area contributed by atoms with Crippen LogP contribution in [0.1, 0.15) is 26.3 Å². The molecule has 7 nitrogen and oxygen atoms in total. The van der Waals surface area contributed by atoms with Crippen molar-refractivity contribution in [3.8, 4) is 11.3 Å². The first-order valence-corrected chi connectivity index (χ1v) is 10.2. The summed E-state index contributed by atoms with van der Waals surface area (Å²) >= 11 is 0. The minimum absolute atomic E-state index is 0.0306. The van der Waals surface area contributed by atoms with Crippen molar-refractivity contribution >= 4 is 39.5 Å². The summed E-state index contributed by atoms with van der Waals surface area (Å²) in [5.74, 6) is -2.84. The highest BCUT2D eigenvalue weighted by atomic mass is 16.4. The van der Waals surface area contributed by atoms with Gasteiger partial charge in [0.2, 0.25) is 5.91 Å². The highest BCUT2D eigenvalue weighted by Crippen LogP contribution is 2.38. The number of aromatic nitrogens is 1. The molecule has 0 radical (unpaired) electrons. The third kappa shape index (κ3) is 3.36. The van der Waals surface area contributed by atoms with Gasteiger partial charge in [-0.15, -0.1) is 0 Å². The van der Waals surface area contributed by atoms with E-state index in [1.807, 2.05) is 47.0 Å². The predicted octanol–water partition coefficient (Wildman–Crippen LogP) is 4.47. The maximum absolute atomic E-state index is 12.8. The lowest BCUT2D eigenvalue weighted by Crippen LogP contribution is -2.14. The van der Waals surface area contributed by atoms with Gasteiger partial charge in [0.25, 0.3) is 5.78 Å². The number of hydrogen-bond donors (Lipinski definition) is 2. The van der Waals surface area contributed by atoms with Crippen molar-refractivity contribution in [2.24, 2.45) is 5.73 Å². The van der Waals surface area contributed by atoms with Crippen molar-refractivity contribution in [3.63, 3.8) is 0 Å². The summed E-state index contributed by atoms with van der Waals surface area (Å²) in [4.78, 5) is 36.8. The number of primary amides is 1. The molecule has 1 amide bonds. The van der Waals surface area contributed by atoms with Gasteiger partial charge in [-0.05, 0) is 42.0 Å². The van der Waals surface area contributed by atoms with Crippen LogP contribution in [-0.2, 0) is 11.3 Å². The molecule has 0 atom stereocenters. The molecule has 0 saturated heterocycles. The van der Waals surface area contributed by atoms with E-state index >= 15 is 0 Å². The molecule has 2 heterocycles. The fourth-order valence-electron chi connectivity index (χ4n) is 4.28. The number of aliphatic carboxylic acids is 1. The fraction of sp³-hybridized carbons (Fsp3) is 0.0385. The molecule has 5 rings (SSSR count). The maximum atomic E-state index is 12.8. The van der Waals surface area contributed by atoms with Crippen molar-refractivity contribution in [1.29, 1.82) is 0 Å². The van der Waals surface area contributed by atoms with Crippen LogP contribution in [0.25, 0.3) is 33.1 Å². The zero-order chi connectivity index (χ0) is 23.1. The highest BCUT2D eigenvalue weighted by molar-refractivity contribution is 6.44. The number of furan rings is 1. The number of fused-ring (bicyclic) bond motifs is 3. The van der Waals surface area contributed by atoms with Gasteiger partial charge in [0.15, 0.2) is 0 Å². The third-order valence-electron chi connectivity index (χ3n) is 5.69. The van der Waals surface area contributed by atoms with Crippen LogP contribution >= 0.6 is 0 Å². The van der Waals surface area contributed by atoms with Crippen LogP contribution in [0.4, 0.5) is 0 Å². The van der Waals surface area contributed by atoms with E-state index in [0.717, 1.165) is 5.56 Å². The summed E-state index contributed by atoms with van der Waals surface area (Å²) < 4.78 is 7.47. The Morgan fingerprint density at radius 1 is 0.848 bits per heavy atom. The molecule has 0 aliphatic rings. The highest BCUT2D eigenvalue weighted by Gasteiger charge is 2.26. The lowest BCUT2D eigenvalue weighted by Gasteiger charge is -2.10. The van der Waals surface area contributed by atoms with Crippen LogP contribution in [0.15, 0.2) is 83.5 Å². The second kappa shape index (κ2) is 7.80. The second-order valence-electron chi connectivity index (χ2n) is 7.67. The second-order valence-corrected chi connectivity index (χ2v) is 7.67. The number of carboxylic acid groups (broad SMARTS) is 1. The van der Waals surface area contributed by atoms with E-state index in [-0.39, 0.29) is 11.1 Å². The minimum atomic E-state index is -1.59.